The second kappa shape index (κ2) is 10.5. The molecule has 4 rings (SSSR count). The van der Waals surface area contributed by atoms with Crippen molar-refractivity contribution in [2.24, 2.45) is 5.92 Å². The van der Waals surface area contributed by atoms with E-state index in [0.717, 1.165) is 50.1 Å². The Labute approximate surface area is 191 Å². The Balaban J connectivity index is 1.46. The quantitative estimate of drug-likeness (QED) is 0.684. The van der Waals surface area contributed by atoms with Crippen LogP contribution in [0.2, 0.25) is 0 Å². The van der Waals surface area contributed by atoms with Gasteiger partial charge in [-0.05, 0) is 49.8 Å². The molecule has 1 amide bonds. The maximum atomic E-state index is 13.3. The minimum atomic E-state index is 0.0572. The van der Waals surface area contributed by atoms with Crippen molar-refractivity contribution in [2.75, 3.05) is 40.0 Å². The van der Waals surface area contributed by atoms with Crippen molar-refractivity contribution in [3.63, 3.8) is 0 Å². The number of rotatable bonds is 8. The maximum absolute atomic E-state index is 13.3. The monoisotopic (exact) mass is 440 g/mol. The first-order chi connectivity index (χ1) is 15.6. The predicted molar refractivity (Wildman–Crippen MR) is 124 cm³/mol. The molecule has 1 N–H and O–H groups in total. The number of nitrogens with one attached hydrogen (secondary N) is 1. The van der Waals surface area contributed by atoms with Gasteiger partial charge in [0, 0.05) is 36.9 Å². The van der Waals surface area contributed by atoms with Gasteiger partial charge in [0.2, 0.25) is 0 Å². The highest BCUT2D eigenvalue weighted by Gasteiger charge is 2.31. The summed E-state index contributed by atoms with van der Waals surface area (Å²) in [5.41, 5.74) is 4.26. The van der Waals surface area contributed by atoms with Gasteiger partial charge in [-0.15, -0.1) is 0 Å². The molecule has 1 saturated heterocycles. The average molecular weight is 441 g/mol. The van der Waals surface area contributed by atoms with Crippen LogP contribution in [-0.4, -0.2) is 66.6 Å². The molecule has 1 atom stereocenters. The van der Waals surface area contributed by atoms with Crippen LogP contribution >= 0.6 is 0 Å². The maximum Gasteiger partial charge on any atom is 0.274 e. The van der Waals surface area contributed by atoms with Crippen LogP contribution in [-0.2, 0) is 30.5 Å². The zero-order chi connectivity index (χ0) is 22.5. The molecule has 1 aromatic carbocycles. The lowest BCUT2D eigenvalue weighted by Crippen LogP contribution is -2.42. The number of morpholine rings is 1. The molecule has 7 heteroatoms. The number of hydrogen-bond acceptors (Lipinski definition) is 5. The van der Waals surface area contributed by atoms with Gasteiger partial charge in [-0.25, -0.2) is 0 Å². The van der Waals surface area contributed by atoms with Crippen LogP contribution in [0.1, 0.15) is 47.6 Å². The third-order valence-electron chi connectivity index (χ3n) is 6.41. The second-order valence-electron chi connectivity index (χ2n) is 9.21. The molecule has 1 aliphatic heterocycles. The van der Waals surface area contributed by atoms with Gasteiger partial charge in [0.25, 0.3) is 5.91 Å². The lowest BCUT2D eigenvalue weighted by atomic mass is 9.90. The molecule has 0 unspecified atom stereocenters. The lowest BCUT2D eigenvalue weighted by Gasteiger charge is -2.28. The van der Waals surface area contributed by atoms with E-state index in [-0.39, 0.29) is 5.91 Å². The highest BCUT2D eigenvalue weighted by molar-refractivity contribution is 5.94. The molecule has 32 heavy (non-hydrogen) atoms. The zero-order valence-corrected chi connectivity index (χ0v) is 19.6. The van der Waals surface area contributed by atoms with E-state index in [4.69, 9.17) is 14.6 Å². The first-order valence-corrected chi connectivity index (χ1v) is 11.9. The summed E-state index contributed by atoms with van der Waals surface area (Å²) in [5.74, 6) is 1.48. The third-order valence-corrected chi connectivity index (χ3v) is 6.41. The lowest BCUT2D eigenvalue weighted by molar-refractivity contribution is 0.0297. The first-order valence-electron chi connectivity index (χ1n) is 11.9. The van der Waals surface area contributed by atoms with E-state index >= 15 is 0 Å². The minimum absolute atomic E-state index is 0.0572. The summed E-state index contributed by atoms with van der Waals surface area (Å²) in [6, 6.07) is 8.53. The Bertz CT molecular complexity index is 918. The van der Waals surface area contributed by atoms with Gasteiger partial charge < -0.3 is 19.7 Å². The molecule has 2 aliphatic rings. The number of nitrogens with zero attached hydrogens (tertiary/aromatic N) is 3. The Morgan fingerprint density at radius 3 is 2.81 bits per heavy atom. The van der Waals surface area contributed by atoms with Crippen molar-refractivity contribution in [3.8, 4) is 5.75 Å². The van der Waals surface area contributed by atoms with Gasteiger partial charge in [-0.1, -0.05) is 32.0 Å². The molecule has 7 nitrogen and oxygen atoms in total. The molecular formula is C25H36N4O3. The van der Waals surface area contributed by atoms with E-state index in [0.29, 0.717) is 44.0 Å². The summed E-state index contributed by atoms with van der Waals surface area (Å²) in [5, 5.41) is 8.55. The highest BCUT2D eigenvalue weighted by atomic mass is 16.5. The zero-order valence-electron chi connectivity index (χ0n) is 19.6. The molecule has 0 bridgehead atoms. The van der Waals surface area contributed by atoms with Gasteiger partial charge in [0.05, 0.1) is 20.3 Å². The van der Waals surface area contributed by atoms with Crippen molar-refractivity contribution in [1.29, 1.82) is 0 Å². The predicted octanol–water partition coefficient (Wildman–Crippen LogP) is 2.71. The van der Waals surface area contributed by atoms with E-state index in [9.17, 15) is 4.79 Å². The number of carbonyl (C=O) groups is 1. The van der Waals surface area contributed by atoms with Crippen molar-refractivity contribution >= 4 is 5.91 Å². The van der Waals surface area contributed by atoms with Crippen molar-refractivity contribution in [3.05, 3.63) is 46.8 Å². The van der Waals surface area contributed by atoms with Gasteiger partial charge in [0.1, 0.15) is 5.75 Å². The fourth-order valence-electron chi connectivity index (χ4n) is 4.77. The molecule has 1 fully saturated rings. The van der Waals surface area contributed by atoms with Crippen LogP contribution in [0.15, 0.2) is 24.3 Å². The average Bonchev–Trinajstić information content (AvgIpc) is 3.16. The first kappa shape index (κ1) is 22.8. The van der Waals surface area contributed by atoms with E-state index in [1.54, 1.807) is 7.11 Å². The van der Waals surface area contributed by atoms with Crippen LogP contribution in [0, 0.1) is 5.92 Å². The van der Waals surface area contributed by atoms with Crippen LogP contribution < -0.4 is 10.1 Å². The molecule has 1 aromatic heterocycles. The number of hydrogen-bond donors (Lipinski definition) is 1. The molecule has 0 spiro atoms. The number of fused-ring (bicyclic) bond motifs is 1. The number of methoxy groups -OCH3 is 1. The standard InChI is InChI=1S/C25H36N4O3/c1-18(2)17-29-22-9-8-20(26-11-10-19-6-4-5-7-23(19)31-3)16-21(22)24(27-29)25(30)28-12-14-32-15-13-28/h4-7,18,20,26H,8-17H2,1-3H3/t20-/m1/s1. The summed E-state index contributed by atoms with van der Waals surface area (Å²) < 4.78 is 13.0. The molecule has 2 heterocycles. The summed E-state index contributed by atoms with van der Waals surface area (Å²) >= 11 is 0. The molecule has 2 aromatic rings. The van der Waals surface area contributed by atoms with E-state index in [1.807, 2.05) is 17.0 Å². The summed E-state index contributed by atoms with van der Waals surface area (Å²) in [6.07, 6.45) is 3.79. The van der Waals surface area contributed by atoms with Gasteiger partial charge >= 0.3 is 0 Å². The summed E-state index contributed by atoms with van der Waals surface area (Å²) in [7, 11) is 1.72. The molecule has 174 valence electrons. The number of amides is 1. The number of ether oxygens (including phenoxy) is 2. The van der Waals surface area contributed by atoms with E-state index in [1.165, 1.54) is 11.3 Å². The van der Waals surface area contributed by atoms with Crippen molar-refractivity contribution < 1.29 is 14.3 Å². The third kappa shape index (κ3) is 5.15. The number of aromatic nitrogens is 2. The topological polar surface area (TPSA) is 68.6 Å². The Morgan fingerprint density at radius 1 is 1.28 bits per heavy atom. The molecule has 0 saturated carbocycles. The fourth-order valence-corrected chi connectivity index (χ4v) is 4.77. The largest absolute Gasteiger partial charge is 0.496 e. The van der Waals surface area contributed by atoms with Gasteiger partial charge in [-0.2, -0.15) is 5.10 Å². The fraction of sp³-hybridized carbons (Fsp3) is 0.600. The summed E-state index contributed by atoms with van der Waals surface area (Å²) in [6.45, 7) is 8.63. The van der Waals surface area contributed by atoms with Gasteiger partial charge in [0.15, 0.2) is 5.69 Å². The SMILES string of the molecule is COc1ccccc1CCN[C@@H]1CCc2c(c(C(=O)N3CCOCC3)nn2CC(C)C)C1. The Morgan fingerprint density at radius 2 is 2.06 bits per heavy atom. The molecule has 1 aliphatic carbocycles. The Hall–Kier alpha value is -2.38. The van der Waals surface area contributed by atoms with Crippen LogP contribution in [0.3, 0.4) is 0 Å². The van der Waals surface area contributed by atoms with E-state index < -0.39 is 0 Å². The molecular weight excluding hydrogens is 404 g/mol. The van der Waals surface area contributed by atoms with Crippen LogP contribution in [0.5, 0.6) is 5.75 Å². The van der Waals surface area contributed by atoms with Crippen molar-refractivity contribution in [1.82, 2.24) is 20.0 Å². The normalized spacial score (nSPS) is 18.6. The molecule has 0 radical (unpaired) electrons. The van der Waals surface area contributed by atoms with Crippen LogP contribution in [0.4, 0.5) is 0 Å². The number of carbonyl (C=O) groups excluding carboxylic acids is 1. The minimum Gasteiger partial charge on any atom is -0.496 e. The Kier molecular flexibility index (Phi) is 7.48. The highest BCUT2D eigenvalue weighted by Crippen LogP contribution is 2.27. The summed E-state index contributed by atoms with van der Waals surface area (Å²) in [4.78, 5) is 15.2. The van der Waals surface area contributed by atoms with Gasteiger partial charge in [-0.3, -0.25) is 9.48 Å². The van der Waals surface area contributed by atoms with Crippen LogP contribution in [0.25, 0.3) is 0 Å². The van der Waals surface area contributed by atoms with Crippen molar-refractivity contribution in [2.45, 2.75) is 52.1 Å². The smallest absolute Gasteiger partial charge is 0.274 e. The number of para-hydroxylation sites is 1. The second-order valence-corrected chi connectivity index (χ2v) is 9.21. The van der Waals surface area contributed by atoms with E-state index in [2.05, 4.69) is 36.0 Å². The number of benzene rings is 1.